The number of aryl methyl sites for hydroxylation is 3. The van der Waals surface area contributed by atoms with Crippen LogP contribution in [0.2, 0.25) is 0 Å². The molecule has 0 aliphatic rings. The van der Waals surface area contributed by atoms with E-state index in [0.29, 0.717) is 32.4 Å². The number of rotatable bonds is 11. The van der Waals surface area contributed by atoms with E-state index in [-0.39, 0.29) is 11.8 Å². The topological polar surface area (TPSA) is 49.4 Å². The van der Waals surface area contributed by atoms with E-state index in [1.165, 1.54) is 5.56 Å². The summed E-state index contributed by atoms with van der Waals surface area (Å²) >= 11 is 0. The molecule has 162 valence electrons. The minimum absolute atomic E-state index is 0.0244. The molecule has 0 saturated heterocycles. The number of hydrogen-bond donors (Lipinski definition) is 1. The van der Waals surface area contributed by atoms with Crippen LogP contribution in [0.3, 0.4) is 0 Å². The fourth-order valence-electron chi connectivity index (χ4n) is 3.55. The highest BCUT2D eigenvalue weighted by molar-refractivity contribution is 5.87. The molecule has 0 saturated carbocycles. The van der Waals surface area contributed by atoms with Crippen molar-refractivity contribution in [2.24, 2.45) is 0 Å². The standard InChI is InChI=1S/C26H36N2O2/c1-5-7-18-27-26(30)24(6-2)28(19-23-11-9-8-10-21(23)4)25(29)17-16-22-14-12-20(3)13-15-22/h8-15,24H,5-7,16-19H2,1-4H3,(H,27,30)/t24-/m0/s1. The number of benzene rings is 2. The van der Waals surface area contributed by atoms with Crippen LogP contribution in [-0.4, -0.2) is 29.3 Å². The van der Waals surface area contributed by atoms with Crippen molar-refractivity contribution in [1.29, 1.82) is 0 Å². The van der Waals surface area contributed by atoms with Crippen molar-refractivity contribution in [3.05, 3.63) is 70.8 Å². The lowest BCUT2D eigenvalue weighted by molar-refractivity contribution is -0.141. The summed E-state index contributed by atoms with van der Waals surface area (Å²) in [7, 11) is 0. The Bertz CT molecular complexity index is 814. The van der Waals surface area contributed by atoms with Gasteiger partial charge in [0, 0.05) is 19.5 Å². The summed E-state index contributed by atoms with van der Waals surface area (Å²) in [6, 6.07) is 15.9. The molecule has 2 aromatic rings. The molecule has 2 aromatic carbocycles. The van der Waals surface area contributed by atoms with Gasteiger partial charge in [-0.2, -0.15) is 0 Å². The lowest BCUT2D eigenvalue weighted by atomic mass is 10.0. The number of unbranched alkanes of at least 4 members (excludes halogenated alkanes) is 1. The molecule has 1 atom stereocenters. The highest BCUT2D eigenvalue weighted by atomic mass is 16.2. The van der Waals surface area contributed by atoms with Gasteiger partial charge >= 0.3 is 0 Å². The molecule has 4 nitrogen and oxygen atoms in total. The molecular formula is C26H36N2O2. The van der Waals surface area contributed by atoms with E-state index in [1.54, 1.807) is 4.90 Å². The highest BCUT2D eigenvalue weighted by Crippen LogP contribution is 2.17. The molecule has 0 aromatic heterocycles. The summed E-state index contributed by atoms with van der Waals surface area (Å²) in [6.45, 7) is 9.29. The van der Waals surface area contributed by atoms with Gasteiger partial charge in [0.15, 0.2) is 0 Å². The monoisotopic (exact) mass is 408 g/mol. The van der Waals surface area contributed by atoms with E-state index >= 15 is 0 Å². The second-order valence-corrected chi connectivity index (χ2v) is 8.00. The summed E-state index contributed by atoms with van der Waals surface area (Å²) in [5.74, 6) is -0.0282. The molecule has 0 aliphatic carbocycles. The molecule has 0 bridgehead atoms. The Hall–Kier alpha value is -2.62. The van der Waals surface area contributed by atoms with Gasteiger partial charge in [0.2, 0.25) is 11.8 Å². The number of hydrogen-bond acceptors (Lipinski definition) is 2. The summed E-state index contributed by atoms with van der Waals surface area (Å²) in [6.07, 6.45) is 3.64. The normalized spacial score (nSPS) is 11.7. The minimum Gasteiger partial charge on any atom is -0.354 e. The van der Waals surface area contributed by atoms with Crippen LogP contribution in [0, 0.1) is 13.8 Å². The van der Waals surface area contributed by atoms with Gasteiger partial charge in [-0.3, -0.25) is 9.59 Å². The molecule has 1 N–H and O–H groups in total. The third-order valence-corrected chi connectivity index (χ3v) is 5.57. The fraction of sp³-hybridized carbons (Fsp3) is 0.462. The van der Waals surface area contributed by atoms with E-state index in [4.69, 9.17) is 0 Å². The Morgan fingerprint density at radius 3 is 2.33 bits per heavy atom. The smallest absolute Gasteiger partial charge is 0.242 e. The van der Waals surface area contributed by atoms with E-state index in [1.807, 2.05) is 38.1 Å². The second-order valence-electron chi connectivity index (χ2n) is 8.00. The first kappa shape index (κ1) is 23.7. The van der Waals surface area contributed by atoms with Gasteiger partial charge in [-0.25, -0.2) is 0 Å². The largest absolute Gasteiger partial charge is 0.354 e. The third-order valence-electron chi connectivity index (χ3n) is 5.57. The van der Waals surface area contributed by atoms with Crippen molar-refractivity contribution in [3.63, 3.8) is 0 Å². The van der Waals surface area contributed by atoms with Crippen molar-refractivity contribution >= 4 is 11.8 Å². The number of amides is 2. The van der Waals surface area contributed by atoms with Gasteiger partial charge in [-0.05, 0) is 49.8 Å². The maximum atomic E-state index is 13.3. The van der Waals surface area contributed by atoms with Crippen LogP contribution >= 0.6 is 0 Å². The molecular weight excluding hydrogens is 372 g/mol. The number of nitrogens with one attached hydrogen (secondary N) is 1. The zero-order chi connectivity index (χ0) is 21.9. The van der Waals surface area contributed by atoms with Crippen molar-refractivity contribution in [1.82, 2.24) is 10.2 Å². The van der Waals surface area contributed by atoms with Crippen LogP contribution in [0.1, 0.15) is 61.8 Å². The first-order valence-electron chi connectivity index (χ1n) is 11.1. The molecule has 0 radical (unpaired) electrons. The molecule has 2 rings (SSSR count). The van der Waals surface area contributed by atoms with Gasteiger partial charge in [-0.15, -0.1) is 0 Å². The molecule has 0 unspecified atom stereocenters. The van der Waals surface area contributed by atoms with Crippen LogP contribution in [0.5, 0.6) is 0 Å². The summed E-state index contributed by atoms with van der Waals surface area (Å²) in [5.41, 5.74) is 4.57. The van der Waals surface area contributed by atoms with Crippen molar-refractivity contribution < 1.29 is 9.59 Å². The average molecular weight is 409 g/mol. The Morgan fingerprint density at radius 2 is 1.70 bits per heavy atom. The van der Waals surface area contributed by atoms with Gasteiger partial charge in [0.1, 0.15) is 6.04 Å². The van der Waals surface area contributed by atoms with E-state index in [2.05, 4.69) is 43.4 Å². The fourth-order valence-corrected chi connectivity index (χ4v) is 3.55. The molecule has 4 heteroatoms. The van der Waals surface area contributed by atoms with Crippen LogP contribution < -0.4 is 5.32 Å². The molecule has 0 heterocycles. The van der Waals surface area contributed by atoms with Crippen molar-refractivity contribution in [3.8, 4) is 0 Å². The molecule has 0 fully saturated rings. The lowest BCUT2D eigenvalue weighted by Crippen LogP contribution is -2.49. The maximum absolute atomic E-state index is 13.3. The maximum Gasteiger partial charge on any atom is 0.242 e. The second kappa shape index (κ2) is 12.2. The van der Waals surface area contributed by atoms with E-state index in [9.17, 15) is 9.59 Å². The quantitative estimate of drug-likeness (QED) is 0.534. The SMILES string of the molecule is CCCCNC(=O)[C@H](CC)N(Cc1ccccc1C)C(=O)CCc1ccc(C)cc1. The lowest BCUT2D eigenvalue weighted by Gasteiger charge is -2.31. The predicted molar refractivity (Wildman–Crippen MR) is 123 cm³/mol. The van der Waals surface area contributed by atoms with Gasteiger partial charge in [-0.1, -0.05) is 74.4 Å². The number of nitrogens with zero attached hydrogens (tertiary/aromatic N) is 1. The zero-order valence-corrected chi connectivity index (χ0v) is 18.9. The van der Waals surface area contributed by atoms with Crippen molar-refractivity contribution in [2.75, 3.05) is 6.54 Å². The zero-order valence-electron chi connectivity index (χ0n) is 18.9. The summed E-state index contributed by atoms with van der Waals surface area (Å²) < 4.78 is 0. The first-order chi connectivity index (χ1) is 14.5. The minimum atomic E-state index is -0.452. The molecule has 30 heavy (non-hydrogen) atoms. The molecule has 2 amide bonds. The summed E-state index contributed by atoms with van der Waals surface area (Å²) in [5, 5.41) is 3.02. The van der Waals surface area contributed by atoms with Crippen LogP contribution in [0.4, 0.5) is 0 Å². The molecule has 0 spiro atoms. The number of carbonyl (C=O) groups is 2. The number of carbonyl (C=O) groups excluding carboxylic acids is 2. The Labute approximate surface area is 181 Å². The van der Waals surface area contributed by atoms with Gasteiger partial charge in [0.25, 0.3) is 0 Å². The Balaban J connectivity index is 2.17. The van der Waals surface area contributed by atoms with Crippen LogP contribution in [0.25, 0.3) is 0 Å². The van der Waals surface area contributed by atoms with Crippen LogP contribution in [0.15, 0.2) is 48.5 Å². The first-order valence-corrected chi connectivity index (χ1v) is 11.1. The van der Waals surface area contributed by atoms with E-state index < -0.39 is 6.04 Å². The Morgan fingerprint density at radius 1 is 1.00 bits per heavy atom. The van der Waals surface area contributed by atoms with E-state index in [0.717, 1.165) is 29.5 Å². The highest BCUT2D eigenvalue weighted by Gasteiger charge is 2.28. The Kier molecular flexibility index (Phi) is 9.59. The van der Waals surface area contributed by atoms with Crippen LogP contribution in [-0.2, 0) is 22.6 Å². The van der Waals surface area contributed by atoms with Crippen molar-refractivity contribution in [2.45, 2.75) is 72.4 Å². The van der Waals surface area contributed by atoms with Gasteiger partial charge < -0.3 is 10.2 Å². The molecule has 0 aliphatic heterocycles. The average Bonchev–Trinajstić information content (AvgIpc) is 2.74. The predicted octanol–water partition coefficient (Wildman–Crippen LogP) is 4.96. The summed E-state index contributed by atoms with van der Waals surface area (Å²) in [4.78, 5) is 27.9. The third kappa shape index (κ3) is 7.01. The van der Waals surface area contributed by atoms with Gasteiger partial charge in [0.05, 0.1) is 0 Å².